The Labute approximate surface area is 141 Å². The molecule has 2 aromatic carbocycles. The van der Waals surface area contributed by atoms with Crippen molar-refractivity contribution in [2.45, 2.75) is 26.8 Å². The predicted molar refractivity (Wildman–Crippen MR) is 96.9 cm³/mol. The van der Waals surface area contributed by atoms with Gasteiger partial charge in [-0.15, -0.1) is 0 Å². The zero-order valence-corrected chi connectivity index (χ0v) is 13.8. The molecule has 1 aromatic heterocycles. The van der Waals surface area contributed by atoms with E-state index in [0.717, 1.165) is 22.0 Å². The molecule has 120 valence electrons. The highest BCUT2D eigenvalue weighted by Gasteiger charge is 2.13. The number of carbonyl (C=O) groups is 1. The lowest BCUT2D eigenvalue weighted by molar-refractivity contribution is -0.118. The number of benzene rings is 2. The number of hydrogen-bond acceptors (Lipinski definition) is 1. The van der Waals surface area contributed by atoms with E-state index >= 15 is 0 Å². The van der Waals surface area contributed by atoms with Gasteiger partial charge in [0.2, 0.25) is 5.91 Å². The summed E-state index contributed by atoms with van der Waals surface area (Å²) in [5, 5.41) is 1.03. The fourth-order valence-electron chi connectivity index (χ4n) is 3.03. The average Bonchev–Trinajstić information content (AvgIpc) is 2.93. The van der Waals surface area contributed by atoms with Crippen LogP contribution in [0.5, 0.6) is 0 Å². The molecule has 1 amide bonds. The summed E-state index contributed by atoms with van der Waals surface area (Å²) in [5.41, 5.74) is 11.6. The van der Waals surface area contributed by atoms with Crippen molar-refractivity contribution in [1.82, 2.24) is 4.57 Å². The van der Waals surface area contributed by atoms with Crippen LogP contribution in [0.3, 0.4) is 0 Å². The molecule has 3 rings (SSSR count). The molecule has 0 radical (unpaired) electrons. The zero-order chi connectivity index (χ0) is 17.3. The quantitative estimate of drug-likeness (QED) is 0.715. The summed E-state index contributed by atoms with van der Waals surface area (Å²) in [5.74, 6) is -0.317. The third kappa shape index (κ3) is 2.77. The number of primary amides is 1. The van der Waals surface area contributed by atoms with Crippen molar-refractivity contribution in [3.05, 3.63) is 65.1 Å². The van der Waals surface area contributed by atoms with E-state index in [1.807, 2.05) is 28.8 Å². The van der Waals surface area contributed by atoms with Gasteiger partial charge in [0.15, 0.2) is 5.69 Å². The van der Waals surface area contributed by atoms with Crippen LogP contribution in [0, 0.1) is 20.4 Å². The summed E-state index contributed by atoms with van der Waals surface area (Å²) in [6.45, 7) is 12.0. The molecule has 0 bridgehead atoms. The van der Waals surface area contributed by atoms with Gasteiger partial charge in [0.1, 0.15) is 0 Å². The number of aryl methyl sites for hydroxylation is 2. The summed E-state index contributed by atoms with van der Waals surface area (Å²) >= 11 is 0. The summed E-state index contributed by atoms with van der Waals surface area (Å²) in [6, 6.07) is 11.9. The molecule has 0 aliphatic heterocycles. The number of nitrogens with zero attached hydrogens (tertiary/aromatic N) is 2. The Morgan fingerprint density at radius 2 is 2.00 bits per heavy atom. The first-order valence-corrected chi connectivity index (χ1v) is 7.86. The lowest BCUT2D eigenvalue weighted by atomic mass is 9.97. The summed E-state index contributed by atoms with van der Waals surface area (Å²) in [4.78, 5) is 14.7. The van der Waals surface area contributed by atoms with Crippen LogP contribution in [0.1, 0.15) is 17.5 Å². The monoisotopic (exact) mass is 317 g/mol. The maximum Gasteiger partial charge on any atom is 0.219 e. The largest absolute Gasteiger partial charge is 0.370 e. The molecule has 3 aromatic rings. The van der Waals surface area contributed by atoms with Gasteiger partial charge in [-0.3, -0.25) is 4.79 Å². The molecule has 1 heterocycles. The van der Waals surface area contributed by atoms with Crippen molar-refractivity contribution in [1.29, 1.82) is 0 Å². The van der Waals surface area contributed by atoms with Crippen LogP contribution in [0.2, 0.25) is 0 Å². The number of rotatable bonds is 4. The maximum absolute atomic E-state index is 11.2. The third-order valence-electron chi connectivity index (χ3n) is 4.49. The van der Waals surface area contributed by atoms with Crippen LogP contribution in [0.15, 0.2) is 42.6 Å². The Bertz CT molecular complexity index is 976. The highest BCUT2D eigenvalue weighted by atomic mass is 16.1. The van der Waals surface area contributed by atoms with Crippen molar-refractivity contribution < 1.29 is 4.79 Å². The van der Waals surface area contributed by atoms with Gasteiger partial charge in [-0.25, -0.2) is 4.85 Å². The molecule has 0 fully saturated rings. The SMILES string of the molecule is [C-]#[N+]c1ccc2c(c1)c(-c1cccc(C)c1C)cn2CCC(N)=O. The fraction of sp³-hybridized carbons (Fsp3) is 0.200. The Morgan fingerprint density at radius 1 is 1.21 bits per heavy atom. The lowest BCUT2D eigenvalue weighted by Crippen LogP contribution is -2.13. The molecule has 4 heteroatoms. The summed E-state index contributed by atoms with van der Waals surface area (Å²) in [6.07, 6.45) is 2.35. The standard InChI is InChI=1S/C20H19N3O/c1-13-5-4-6-16(14(13)2)18-12-23(10-9-20(21)24)19-8-7-15(22-3)11-17(18)19/h4-8,11-12H,9-10H2,1-2H3,(H2,21,24). The van der Waals surface area contributed by atoms with Gasteiger partial charge in [-0.2, -0.15) is 0 Å². The number of carbonyl (C=O) groups excluding carboxylic acids is 1. The van der Waals surface area contributed by atoms with Gasteiger partial charge < -0.3 is 10.3 Å². The molecular formula is C20H19N3O. The second kappa shape index (κ2) is 6.21. The number of hydrogen-bond donors (Lipinski definition) is 1. The number of aromatic nitrogens is 1. The Balaban J connectivity index is 2.24. The van der Waals surface area contributed by atoms with Crippen molar-refractivity contribution in [2.24, 2.45) is 5.73 Å². The van der Waals surface area contributed by atoms with E-state index in [9.17, 15) is 4.79 Å². The van der Waals surface area contributed by atoms with Crippen LogP contribution in [0.4, 0.5) is 5.69 Å². The molecule has 0 aliphatic carbocycles. The zero-order valence-electron chi connectivity index (χ0n) is 13.8. The topological polar surface area (TPSA) is 52.4 Å². The Kier molecular flexibility index (Phi) is 4.09. The number of nitrogens with two attached hydrogens (primary N) is 1. The molecule has 0 atom stereocenters. The minimum atomic E-state index is -0.317. The van der Waals surface area contributed by atoms with Crippen molar-refractivity contribution in [3.63, 3.8) is 0 Å². The molecule has 0 saturated carbocycles. The Morgan fingerprint density at radius 3 is 2.71 bits per heavy atom. The number of amides is 1. The van der Waals surface area contributed by atoms with Crippen molar-refractivity contribution in [2.75, 3.05) is 0 Å². The van der Waals surface area contributed by atoms with Gasteiger partial charge in [0.25, 0.3) is 0 Å². The molecule has 0 saturated heterocycles. The number of fused-ring (bicyclic) bond motifs is 1. The first kappa shape index (κ1) is 15.8. The molecule has 2 N–H and O–H groups in total. The van der Waals surface area contributed by atoms with E-state index in [1.165, 1.54) is 11.1 Å². The van der Waals surface area contributed by atoms with E-state index in [1.54, 1.807) is 0 Å². The maximum atomic E-state index is 11.2. The van der Waals surface area contributed by atoms with Gasteiger partial charge in [0, 0.05) is 30.2 Å². The van der Waals surface area contributed by atoms with Gasteiger partial charge in [-0.1, -0.05) is 24.3 Å². The normalized spacial score (nSPS) is 10.7. The molecule has 4 nitrogen and oxygen atoms in total. The molecule has 0 aliphatic rings. The van der Waals surface area contributed by atoms with Crippen molar-refractivity contribution in [3.8, 4) is 11.1 Å². The molecule has 0 unspecified atom stereocenters. The Hall–Kier alpha value is -3.06. The van der Waals surface area contributed by atoms with E-state index in [4.69, 9.17) is 12.3 Å². The van der Waals surface area contributed by atoms with Crippen LogP contribution in [-0.2, 0) is 11.3 Å². The second-order valence-electron chi connectivity index (χ2n) is 6.01. The first-order chi connectivity index (χ1) is 11.5. The predicted octanol–water partition coefficient (Wildman–Crippen LogP) is 4.35. The van der Waals surface area contributed by atoms with Crippen LogP contribution < -0.4 is 5.73 Å². The average molecular weight is 317 g/mol. The van der Waals surface area contributed by atoms with Gasteiger partial charge >= 0.3 is 0 Å². The molecular weight excluding hydrogens is 298 g/mol. The van der Waals surface area contributed by atoms with E-state index < -0.39 is 0 Å². The van der Waals surface area contributed by atoms with Gasteiger partial charge in [-0.05, 0) is 48.1 Å². The van der Waals surface area contributed by atoms with E-state index in [2.05, 4.69) is 37.0 Å². The first-order valence-electron chi connectivity index (χ1n) is 7.86. The smallest absolute Gasteiger partial charge is 0.219 e. The van der Waals surface area contributed by atoms with E-state index in [-0.39, 0.29) is 5.91 Å². The minimum absolute atomic E-state index is 0.292. The van der Waals surface area contributed by atoms with Crippen LogP contribution in [-0.4, -0.2) is 10.5 Å². The second-order valence-corrected chi connectivity index (χ2v) is 6.01. The fourth-order valence-corrected chi connectivity index (χ4v) is 3.03. The van der Waals surface area contributed by atoms with Gasteiger partial charge in [0.05, 0.1) is 6.57 Å². The molecule has 24 heavy (non-hydrogen) atoms. The third-order valence-corrected chi connectivity index (χ3v) is 4.49. The van der Waals surface area contributed by atoms with Crippen molar-refractivity contribution >= 4 is 22.5 Å². The summed E-state index contributed by atoms with van der Waals surface area (Å²) in [7, 11) is 0. The summed E-state index contributed by atoms with van der Waals surface area (Å²) < 4.78 is 2.05. The highest BCUT2D eigenvalue weighted by molar-refractivity contribution is 5.98. The van der Waals surface area contributed by atoms with Crippen LogP contribution in [0.25, 0.3) is 26.9 Å². The highest BCUT2D eigenvalue weighted by Crippen LogP contribution is 2.35. The minimum Gasteiger partial charge on any atom is -0.370 e. The van der Waals surface area contributed by atoms with E-state index in [0.29, 0.717) is 18.7 Å². The van der Waals surface area contributed by atoms with Crippen LogP contribution >= 0.6 is 0 Å². The lowest BCUT2D eigenvalue weighted by Gasteiger charge is -2.07. The molecule has 0 spiro atoms.